The van der Waals surface area contributed by atoms with Crippen molar-refractivity contribution < 1.29 is 2.85 Å². The second-order valence-corrected chi connectivity index (χ2v) is 2.99. The van der Waals surface area contributed by atoms with E-state index in [0.29, 0.717) is 0 Å². The van der Waals surface area contributed by atoms with Crippen molar-refractivity contribution in [2.24, 2.45) is 5.73 Å². The van der Waals surface area contributed by atoms with E-state index in [-0.39, 0.29) is 31.4 Å². The number of halogens is 2. The van der Waals surface area contributed by atoms with Crippen molar-refractivity contribution in [3.8, 4) is 0 Å². The van der Waals surface area contributed by atoms with E-state index < -0.39 is 0 Å². The van der Waals surface area contributed by atoms with Crippen molar-refractivity contribution in [3.05, 3.63) is 0 Å². The van der Waals surface area contributed by atoms with Crippen molar-refractivity contribution in [2.45, 2.75) is 31.2 Å². The van der Waals surface area contributed by atoms with E-state index in [1.165, 1.54) is 0 Å². The second kappa shape index (κ2) is 10.3. The SMILES string of the molecule is NC(Cl)CCCCCCl.[H-].[H-].[Mg+2]. The van der Waals surface area contributed by atoms with E-state index in [4.69, 9.17) is 28.9 Å². The predicted octanol–water partition coefficient (Wildman–Crippen LogP) is 2.15. The summed E-state index contributed by atoms with van der Waals surface area (Å²) in [5, 5.41) is 0. The molecular formula is C6H15Cl2MgN. The van der Waals surface area contributed by atoms with Gasteiger partial charge in [-0.15, -0.1) is 23.2 Å². The minimum atomic E-state index is -0.166. The molecule has 0 amide bonds. The molecule has 2 N–H and O–H groups in total. The van der Waals surface area contributed by atoms with Crippen LogP contribution in [0, 0.1) is 0 Å². The largest absolute Gasteiger partial charge is 2.00 e. The van der Waals surface area contributed by atoms with Gasteiger partial charge in [-0.3, -0.25) is 0 Å². The zero-order chi connectivity index (χ0) is 7.11. The third-order valence-corrected chi connectivity index (χ3v) is 1.60. The molecule has 0 bridgehead atoms. The summed E-state index contributed by atoms with van der Waals surface area (Å²) in [6.07, 6.45) is 4.21. The summed E-state index contributed by atoms with van der Waals surface area (Å²) < 4.78 is 0. The van der Waals surface area contributed by atoms with Crippen LogP contribution in [-0.2, 0) is 0 Å². The summed E-state index contributed by atoms with van der Waals surface area (Å²) in [6, 6.07) is 0. The van der Waals surface area contributed by atoms with Gasteiger partial charge >= 0.3 is 23.1 Å². The Labute approximate surface area is 91.7 Å². The van der Waals surface area contributed by atoms with Crippen LogP contribution in [0.4, 0.5) is 0 Å². The Morgan fingerprint density at radius 2 is 1.90 bits per heavy atom. The molecule has 0 aromatic rings. The molecule has 0 aliphatic heterocycles. The van der Waals surface area contributed by atoms with Crippen molar-refractivity contribution >= 4 is 46.3 Å². The summed E-state index contributed by atoms with van der Waals surface area (Å²) in [7, 11) is 0. The molecule has 0 saturated carbocycles. The van der Waals surface area contributed by atoms with Crippen LogP contribution in [-0.4, -0.2) is 34.4 Å². The number of hydrogen-bond acceptors (Lipinski definition) is 1. The maximum Gasteiger partial charge on any atom is 2.00 e. The van der Waals surface area contributed by atoms with Crippen LogP contribution >= 0.6 is 23.2 Å². The van der Waals surface area contributed by atoms with Gasteiger partial charge in [-0.05, 0) is 12.8 Å². The number of rotatable bonds is 5. The first-order valence-corrected chi connectivity index (χ1v) is 4.20. The third kappa shape index (κ3) is 12.0. The van der Waals surface area contributed by atoms with E-state index in [9.17, 15) is 0 Å². The molecular weight excluding hydrogens is 181 g/mol. The fraction of sp³-hybridized carbons (Fsp3) is 1.00. The molecule has 1 atom stereocenters. The van der Waals surface area contributed by atoms with Gasteiger partial charge in [0.15, 0.2) is 0 Å². The van der Waals surface area contributed by atoms with E-state index >= 15 is 0 Å². The van der Waals surface area contributed by atoms with E-state index in [1.54, 1.807) is 0 Å². The van der Waals surface area contributed by atoms with Crippen molar-refractivity contribution in [3.63, 3.8) is 0 Å². The molecule has 0 heterocycles. The Kier molecular flexibility index (Phi) is 14.3. The maximum absolute atomic E-state index is 5.50. The number of alkyl halides is 2. The van der Waals surface area contributed by atoms with Crippen LogP contribution in [0.1, 0.15) is 28.5 Å². The molecule has 0 aliphatic rings. The van der Waals surface area contributed by atoms with Gasteiger partial charge < -0.3 is 8.59 Å². The van der Waals surface area contributed by atoms with Gasteiger partial charge in [-0.25, -0.2) is 0 Å². The van der Waals surface area contributed by atoms with E-state index in [1.807, 2.05) is 0 Å². The Morgan fingerprint density at radius 3 is 2.30 bits per heavy atom. The Hall–Kier alpha value is 1.31. The molecule has 1 unspecified atom stereocenters. The van der Waals surface area contributed by atoms with Crippen LogP contribution in [0.15, 0.2) is 0 Å². The van der Waals surface area contributed by atoms with E-state index in [0.717, 1.165) is 31.6 Å². The fourth-order valence-electron chi connectivity index (χ4n) is 0.611. The molecule has 0 aliphatic carbocycles. The average molecular weight is 196 g/mol. The summed E-state index contributed by atoms with van der Waals surface area (Å²) in [4.78, 5) is 0. The molecule has 1 nitrogen and oxygen atoms in total. The van der Waals surface area contributed by atoms with Crippen LogP contribution in [0.5, 0.6) is 0 Å². The number of hydrogen-bond donors (Lipinski definition) is 1. The van der Waals surface area contributed by atoms with Crippen LogP contribution in [0.25, 0.3) is 0 Å². The minimum Gasteiger partial charge on any atom is -1.00 e. The minimum absolute atomic E-state index is 0. The van der Waals surface area contributed by atoms with Crippen LogP contribution in [0.2, 0.25) is 0 Å². The van der Waals surface area contributed by atoms with E-state index in [2.05, 4.69) is 0 Å². The quantitative estimate of drug-likeness (QED) is 0.310. The summed E-state index contributed by atoms with van der Waals surface area (Å²) in [5.74, 6) is 0.748. The summed E-state index contributed by atoms with van der Waals surface area (Å²) in [5.41, 5.74) is 5.14. The van der Waals surface area contributed by atoms with Gasteiger partial charge in [0.2, 0.25) is 0 Å². The molecule has 0 aromatic carbocycles. The molecule has 0 fully saturated rings. The van der Waals surface area contributed by atoms with Gasteiger partial charge in [0.25, 0.3) is 0 Å². The van der Waals surface area contributed by atoms with Gasteiger partial charge in [-0.2, -0.15) is 0 Å². The predicted molar refractivity (Wildman–Crippen MR) is 51.0 cm³/mol. The molecule has 0 saturated heterocycles. The first kappa shape index (κ1) is 13.9. The van der Waals surface area contributed by atoms with Gasteiger partial charge in [-0.1, -0.05) is 12.8 Å². The Morgan fingerprint density at radius 1 is 1.30 bits per heavy atom. The first-order chi connectivity index (χ1) is 4.27. The van der Waals surface area contributed by atoms with Gasteiger partial charge in [0.05, 0.1) is 5.50 Å². The molecule has 60 valence electrons. The Bertz CT molecular complexity index is 69.5. The summed E-state index contributed by atoms with van der Waals surface area (Å²) in [6.45, 7) is 0. The zero-order valence-corrected chi connectivity index (χ0v) is 9.08. The zero-order valence-electron chi connectivity index (χ0n) is 8.15. The number of unbranched alkanes of at least 4 members (excludes halogenated alkanes) is 2. The van der Waals surface area contributed by atoms with Crippen LogP contribution < -0.4 is 5.73 Å². The number of nitrogens with two attached hydrogens (primary N) is 1. The van der Waals surface area contributed by atoms with Gasteiger partial charge in [0.1, 0.15) is 0 Å². The van der Waals surface area contributed by atoms with Crippen LogP contribution in [0.3, 0.4) is 0 Å². The first-order valence-electron chi connectivity index (χ1n) is 3.23. The molecule has 0 radical (unpaired) electrons. The Balaban J connectivity index is -0.000000107. The molecule has 4 heteroatoms. The molecule has 0 rings (SSSR count). The molecule has 0 spiro atoms. The molecule has 0 aromatic heterocycles. The topological polar surface area (TPSA) is 26.0 Å². The fourth-order valence-corrected chi connectivity index (χ4v) is 0.954. The maximum atomic E-state index is 5.50. The standard InChI is InChI=1S/C6H13Cl2N.Mg.2H/c7-5-3-1-2-4-6(8)9;;;/h6H,1-5,9H2;;;/q;+2;2*-1. The third-order valence-electron chi connectivity index (χ3n) is 1.11. The summed E-state index contributed by atoms with van der Waals surface area (Å²) >= 11 is 11.0. The normalized spacial score (nSPS) is 12.3. The molecule has 10 heavy (non-hydrogen) atoms. The smallest absolute Gasteiger partial charge is 1.00 e. The van der Waals surface area contributed by atoms with Gasteiger partial charge in [0, 0.05) is 5.88 Å². The average Bonchev–Trinajstić information content (AvgIpc) is 1.80. The second-order valence-electron chi connectivity index (χ2n) is 2.05. The van der Waals surface area contributed by atoms with Crippen molar-refractivity contribution in [1.29, 1.82) is 0 Å². The monoisotopic (exact) mass is 195 g/mol. The van der Waals surface area contributed by atoms with Crippen molar-refractivity contribution in [1.82, 2.24) is 0 Å². The van der Waals surface area contributed by atoms with Crippen molar-refractivity contribution in [2.75, 3.05) is 5.88 Å².